The molecule has 0 aliphatic rings. The highest BCUT2D eigenvalue weighted by Gasteiger charge is 1.96. The SMILES string of the molecule is CCOC(=O)C/N=C\c1ccc(C)cc1. The van der Waals surface area contributed by atoms with Crippen LogP contribution in [0.25, 0.3) is 0 Å². The van der Waals surface area contributed by atoms with Crippen LogP contribution in [-0.2, 0) is 9.53 Å². The van der Waals surface area contributed by atoms with E-state index in [-0.39, 0.29) is 12.5 Å². The van der Waals surface area contributed by atoms with Crippen molar-refractivity contribution in [3.05, 3.63) is 35.4 Å². The second kappa shape index (κ2) is 5.96. The minimum atomic E-state index is -0.291. The van der Waals surface area contributed by atoms with E-state index in [1.54, 1.807) is 13.1 Å². The monoisotopic (exact) mass is 205 g/mol. The molecule has 1 aromatic rings. The summed E-state index contributed by atoms with van der Waals surface area (Å²) < 4.78 is 4.75. The van der Waals surface area contributed by atoms with Crippen molar-refractivity contribution >= 4 is 12.2 Å². The Morgan fingerprint density at radius 2 is 2.07 bits per heavy atom. The third kappa shape index (κ3) is 4.40. The maximum atomic E-state index is 11.0. The zero-order chi connectivity index (χ0) is 11.1. The molecule has 15 heavy (non-hydrogen) atoms. The van der Waals surface area contributed by atoms with E-state index in [0.717, 1.165) is 5.56 Å². The van der Waals surface area contributed by atoms with Crippen molar-refractivity contribution in [1.82, 2.24) is 0 Å². The fourth-order valence-electron chi connectivity index (χ4n) is 1.08. The van der Waals surface area contributed by atoms with Crippen molar-refractivity contribution in [3.63, 3.8) is 0 Å². The smallest absolute Gasteiger partial charge is 0.327 e. The minimum Gasteiger partial charge on any atom is -0.465 e. The Morgan fingerprint density at radius 3 is 2.67 bits per heavy atom. The zero-order valence-corrected chi connectivity index (χ0v) is 9.06. The molecule has 0 saturated carbocycles. The average Bonchev–Trinajstić information content (AvgIpc) is 2.21. The van der Waals surface area contributed by atoms with Crippen molar-refractivity contribution in [2.24, 2.45) is 4.99 Å². The molecule has 0 unspecified atom stereocenters. The summed E-state index contributed by atoms with van der Waals surface area (Å²) >= 11 is 0. The number of nitrogens with zero attached hydrogens (tertiary/aromatic N) is 1. The molecule has 0 saturated heterocycles. The van der Waals surface area contributed by atoms with Gasteiger partial charge >= 0.3 is 5.97 Å². The Balaban J connectivity index is 2.44. The predicted molar refractivity (Wildman–Crippen MR) is 60.3 cm³/mol. The van der Waals surface area contributed by atoms with E-state index in [4.69, 9.17) is 4.74 Å². The predicted octanol–water partition coefficient (Wildman–Crippen LogP) is 1.98. The Bertz CT molecular complexity index is 341. The van der Waals surface area contributed by atoms with Gasteiger partial charge in [-0.1, -0.05) is 29.8 Å². The van der Waals surface area contributed by atoms with Gasteiger partial charge in [0.1, 0.15) is 6.54 Å². The molecule has 0 spiro atoms. The van der Waals surface area contributed by atoms with Crippen LogP contribution in [0, 0.1) is 6.92 Å². The third-order valence-corrected chi connectivity index (χ3v) is 1.84. The van der Waals surface area contributed by atoms with Gasteiger partial charge in [-0.3, -0.25) is 9.79 Å². The summed E-state index contributed by atoms with van der Waals surface area (Å²) in [4.78, 5) is 14.9. The number of ether oxygens (including phenoxy) is 1. The standard InChI is InChI=1S/C12H15NO2/c1-3-15-12(14)9-13-8-11-6-4-10(2)5-7-11/h4-8H,3,9H2,1-2H3/b13-8-. The fourth-order valence-corrected chi connectivity index (χ4v) is 1.08. The number of aryl methyl sites for hydroxylation is 1. The molecule has 0 amide bonds. The quantitative estimate of drug-likeness (QED) is 0.557. The molecule has 0 bridgehead atoms. The summed E-state index contributed by atoms with van der Waals surface area (Å²) in [5.74, 6) is -0.291. The molecule has 0 radical (unpaired) electrons. The Labute approximate surface area is 89.8 Å². The molecule has 3 nitrogen and oxygen atoms in total. The van der Waals surface area contributed by atoms with E-state index in [2.05, 4.69) is 4.99 Å². The number of hydrogen-bond acceptors (Lipinski definition) is 3. The number of hydrogen-bond donors (Lipinski definition) is 0. The molecule has 0 aromatic heterocycles. The summed E-state index contributed by atoms with van der Waals surface area (Å²) in [7, 11) is 0. The zero-order valence-electron chi connectivity index (χ0n) is 9.06. The molecular weight excluding hydrogens is 190 g/mol. The fraction of sp³-hybridized carbons (Fsp3) is 0.333. The van der Waals surface area contributed by atoms with Gasteiger partial charge in [-0.25, -0.2) is 0 Å². The highest BCUT2D eigenvalue weighted by Crippen LogP contribution is 2.00. The number of aliphatic imine (C=N–C) groups is 1. The largest absolute Gasteiger partial charge is 0.465 e. The maximum absolute atomic E-state index is 11.0. The first-order valence-corrected chi connectivity index (χ1v) is 4.94. The van der Waals surface area contributed by atoms with Gasteiger partial charge in [-0.05, 0) is 19.4 Å². The van der Waals surface area contributed by atoms with Crippen molar-refractivity contribution in [3.8, 4) is 0 Å². The normalized spacial score (nSPS) is 10.5. The molecule has 0 aliphatic carbocycles. The summed E-state index contributed by atoms with van der Waals surface area (Å²) in [6.07, 6.45) is 1.68. The van der Waals surface area contributed by atoms with E-state index in [9.17, 15) is 4.79 Å². The van der Waals surface area contributed by atoms with Crippen molar-refractivity contribution in [2.45, 2.75) is 13.8 Å². The van der Waals surface area contributed by atoms with Gasteiger partial charge in [-0.2, -0.15) is 0 Å². The van der Waals surface area contributed by atoms with Crippen LogP contribution in [-0.4, -0.2) is 25.3 Å². The summed E-state index contributed by atoms with van der Waals surface area (Å²) in [5, 5.41) is 0. The Hall–Kier alpha value is -1.64. The first-order valence-electron chi connectivity index (χ1n) is 4.94. The average molecular weight is 205 g/mol. The second-order valence-electron chi connectivity index (χ2n) is 3.19. The van der Waals surface area contributed by atoms with Gasteiger partial charge in [0, 0.05) is 6.21 Å². The molecule has 0 N–H and O–H groups in total. The van der Waals surface area contributed by atoms with Crippen LogP contribution in [0.2, 0.25) is 0 Å². The van der Waals surface area contributed by atoms with Gasteiger partial charge in [0.15, 0.2) is 0 Å². The van der Waals surface area contributed by atoms with Crippen molar-refractivity contribution < 1.29 is 9.53 Å². The molecule has 0 fully saturated rings. The van der Waals surface area contributed by atoms with Crippen LogP contribution in [0.4, 0.5) is 0 Å². The molecular formula is C12H15NO2. The minimum absolute atomic E-state index is 0.0850. The first kappa shape index (κ1) is 11.4. The topological polar surface area (TPSA) is 38.7 Å². The lowest BCUT2D eigenvalue weighted by atomic mass is 10.2. The molecule has 0 aliphatic heterocycles. The molecule has 1 rings (SSSR count). The highest BCUT2D eigenvalue weighted by molar-refractivity contribution is 5.82. The number of carbonyl (C=O) groups is 1. The Morgan fingerprint density at radius 1 is 1.40 bits per heavy atom. The van der Waals surface area contributed by atoms with Crippen LogP contribution in [0.15, 0.2) is 29.3 Å². The highest BCUT2D eigenvalue weighted by atomic mass is 16.5. The van der Waals surface area contributed by atoms with E-state index in [1.165, 1.54) is 5.56 Å². The second-order valence-corrected chi connectivity index (χ2v) is 3.19. The third-order valence-electron chi connectivity index (χ3n) is 1.84. The lowest BCUT2D eigenvalue weighted by Crippen LogP contribution is -2.07. The first-order chi connectivity index (χ1) is 7.22. The van der Waals surface area contributed by atoms with Crippen LogP contribution < -0.4 is 0 Å². The van der Waals surface area contributed by atoms with Gasteiger partial charge in [0.2, 0.25) is 0 Å². The number of carbonyl (C=O) groups excluding carboxylic acids is 1. The van der Waals surface area contributed by atoms with Crippen LogP contribution in [0.1, 0.15) is 18.1 Å². The van der Waals surface area contributed by atoms with Crippen molar-refractivity contribution in [1.29, 1.82) is 0 Å². The van der Waals surface area contributed by atoms with E-state index >= 15 is 0 Å². The Kier molecular flexibility index (Phi) is 4.54. The van der Waals surface area contributed by atoms with Gasteiger partial charge in [0.25, 0.3) is 0 Å². The van der Waals surface area contributed by atoms with Crippen LogP contribution in [0.3, 0.4) is 0 Å². The lowest BCUT2D eigenvalue weighted by molar-refractivity contribution is -0.141. The van der Waals surface area contributed by atoms with Gasteiger partial charge < -0.3 is 4.74 Å². The van der Waals surface area contributed by atoms with E-state index < -0.39 is 0 Å². The van der Waals surface area contributed by atoms with Crippen LogP contribution in [0.5, 0.6) is 0 Å². The van der Waals surface area contributed by atoms with Crippen LogP contribution >= 0.6 is 0 Å². The van der Waals surface area contributed by atoms with Crippen molar-refractivity contribution in [2.75, 3.05) is 13.2 Å². The van der Waals surface area contributed by atoms with E-state index in [1.807, 2.05) is 31.2 Å². The molecule has 0 heterocycles. The lowest BCUT2D eigenvalue weighted by Gasteiger charge is -1.97. The number of benzene rings is 1. The molecule has 3 heteroatoms. The summed E-state index contributed by atoms with van der Waals surface area (Å²) in [6.45, 7) is 4.29. The van der Waals surface area contributed by atoms with Gasteiger partial charge in [0.05, 0.1) is 6.61 Å². The van der Waals surface area contributed by atoms with Gasteiger partial charge in [-0.15, -0.1) is 0 Å². The maximum Gasteiger partial charge on any atom is 0.327 e. The summed E-state index contributed by atoms with van der Waals surface area (Å²) in [5.41, 5.74) is 2.20. The number of rotatable bonds is 4. The molecule has 80 valence electrons. The number of esters is 1. The van der Waals surface area contributed by atoms with E-state index in [0.29, 0.717) is 6.61 Å². The molecule has 1 aromatic carbocycles. The summed E-state index contributed by atoms with van der Waals surface area (Å²) in [6, 6.07) is 7.94. The molecule has 0 atom stereocenters.